The van der Waals surface area contributed by atoms with E-state index in [0.29, 0.717) is 10.8 Å². The van der Waals surface area contributed by atoms with Crippen molar-refractivity contribution >= 4 is 26.0 Å². The normalized spacial score (nSPS) is 24.1. The summed E-state index contributed by atoms with van der Waals surface area (Å²) in [7, 11) is -1.67. The van der Waals surface area contributed by atoms with Gasteiger partial charge < -0.3 is 0 Å². The summed E-state index contributed by atoms with van der Waals surface area (Å²) in [6.07, 6.45) is 4.26. The number of aryl methyl sites for hydroxylation is 1. The van der Waals surface area contributed by atoms with Gasteiger partial charge in [0.1, 0.15) is 0 Å². The maximum atomic E-state index is 12.7. The average molecular weight is 360 g/mol. The van der Waals surface area contributed by atoms with Crippen molar-refractivity contribution in [3.05, 3.63) is 28.2 Å². The van der Waals surface area contributed by atoms with Crippen molar-refractivity contribution in [1.82, 2.24) is 4.31 Å². The van der Waals surface area contributed by atoms with E-state index < -0.39 is 10.0 Å². The Bertz CT molecular complexity index is 586. The molecule has 1 aromatic carbocycles. The van der Waals surface area contributed by atoms with E-state index in [4.69, 9.17) is 0 Å². The summed E-state index contributed by atoms with van der Waals surface area (Å²) < 4.78 is 27.9. The zero-order chi connectivity index (χ0) is 14.9. The smallest absolute Gasteiger partial charge is 0.207 e. The Morgan fingerprint density at radius 1 is 1.30 bits per heavy atom. The van der Waals surface area contributed by atoms with Crippen molar-refractivity contribution in [2.45, 2.75) is 50.5 Å². The molecule has 5 heteroatoms. The maximum Gasteiger partial charge on any atom is 0.243 e. The lowest BCUT2D eigenvalue weighted by atomic mass is 9.87. The molecule has 1 aromatic rings. The number of halogens is 1. The van der Waals surface area contributed by atoms with E-state index in [-0.39, 0.29) is 6.04 Å². The van der Waals surface area contributed by atoms with Crippen molar-refractivity contribution < 1.29 is 8.42 Å². The van der Waals surface area contributed by atoms with E-state index in [2.05, 4.69) is 22.9 Å². The van der Waals surface area contributed by atoms with Gasteiger partial charge in [-0.15, -0.1) is 0 Å². The first-order chi connectivity index (χ1) is 9.32. The van der Waals surface area contributed by atoms with Gasteiger partial charge in [-0.25, -0.2) is 8.42 Å². The Morgan fingerprint density at radius 2 is 2.00 bits per heavy atom. The van der Waals surface area contributed by atoms with Crippen LogP contribution in [0.15, 0.2) is 27.6 Å². The molecule has 0 heterocycles. The Labute approximate surface area is 130 Å². The molecular formula is C15H22BrNO2S. The molecule has 20 heavy (non-hydrogen) atoms. The van der Waals surface area contributed by atoms with E-state index in [0.717, 1.165) is 29.3 Å². The van der Waals surface area contributed by atoms with E-state index >= 15 is 0 Å². The third kappa shape index (κ3) is 3.26. The van der Waals surface area contributed by atoms with Crippen LogP contribution in [-0.4, -0.2) is 25.8 Å². The number of nitrogens with zero attached hydrogens (tertiary/aromatic N) is 1. The highest BCUT2D eigenvalue weighted by Gasteiger charge is 2.31. The molecule has 0 radical (unpaired) electrons. The summed E-state index contributed by atoms with van der Waals surface area (Å²) in [5, 5.41) is 0. The fourth-order valence-electron chi connectivity index (χ4n) is 2.87. The molecule has 1 aliphatic carbocycles. The molecule has 2 atom stereocenters. The third-order valence-electron chi connectivity index (χ3n) is 4.23. The fourth-order valence-corrected chi connectivity index (χ4v) is 4.60. The molecule has 0 saturated heterocycles. The van der Waals surface area contributed by atoms with Crippen LogP contribution in [-0.2, 0) is 10.0 Å². The van der Waals surface area contributed by atoms with Gasteiger partial charge in [0.2, 0.25) is 10.0 Å². The lowest BCUT2D eigenvalue weighted by Crippen LogP contribution is -2.39. The van der Waals surface area contributed by atoms with Gasteiger partial charge in [-0.3, -0.25) is 0 Å². The summed E-state index contributed by atoms with van der Waals surface area (Å²) in [5.74, 6) is 0.609. The molecule has 0 aliphatic heterocycles. The second kappa shape index (κ2) is 6.16. The van der Waals surface area contributed by atoms with E-state index in [1.165, 1.54) is 6.42 Å². The first-order valence-corrected chi connectivity index (χ1v) is 9.30. The van der Waals surface area contributed by atoms with Crippen molar-refractivity contribution in [1.29, 1.82) is 0 Å². The molecule has 2 rings (SSSR count). The second-order valence-corrected chi connectivity index (χ2v) is 8.71. The standard InChI is InChI=1S/C15H22BrNO2S/c1-11-5-4-6-13(9-11)17(3)20(18,19)14-7-8-15(16)12(2)10-14/h7-8,10-11,13H,4-6,9H2,1-3H3. The lowest BCUT2D eigenvalue weighted by molar-refractivity contribution is 0.239. The predicted molar refractivity (Wildman–Crippen MR) is 85.2 cm³/mol. The minimum absolute atomic E-state index is 0.132. The van der Waals surface area contributed by atoms with Crippen LogP contribution in [0.4, 0.5) is 0 Å². The van der Waals surface area contributed by atoms with Gasteiger partial charge in [0.25, 0.3) is 0 Å². The summed E-state index contributed by atoms with van der Waals surface area (Å²) >= 11 is 3.41. The molecule has 0 bridgehead atoms. The van der Waals surface area contributed by atoms with E-state index in [1.54, 1.807) is 29.6 Å². The summed E-state index contributed by atoms with van der Waals surface area (Å²) in [4.78, 5) is 0.388. The van der Waals surface area contributed by atoms with Crippen molar-refractivity contribution in [2.24, 2.45) is 5.92 Å². The molecule has 1 aliphatic rings. The zero-order valence-electron chi connectivity index (χ0n) is 12.3. The number of hydrogen-bond acceptors (Lipinski definition) is 2. The topological polar surface area (TPSA) is 37.4 Å². The SMILES string of the molecule is Cc1cc(S(=O)(=O)N(C)C2CCCC(C)C2)ccc1Br. The Balaban J connectivity index is 2.26. The number of hydrogen-bond donors (Lipinski definition) is 0. The predicted octanol–water partition coefficient (Wildman–Crippen LogP) is 3.96. The maximum absolute atomic E-state index is 12.7. The molecule has 0 amide bonds. The molecular weight excluding hydrogens is 338 g/mol. The van der Waals surface area contributed by atoms with Crippen molar-refractivity contribution in [3.63, 3.8) is 0 Å². The lowest BCUT2D eigenvalue weighted by Gasteiger charge is -2.33. The highest BCUT2D eigenvalue weighted by Crippen LogP contribution is 2.30. The van der Waals surface area contributed by atoms with Crippen LogP contribution in [0.3, 0.4) is 0 Å². The molecule has 3 nitrogen and oxygen atoms in total. The summed E-state index contributed by atoms with van der Waals surface area (Å²) in [6.45, 7) is 4.11. The number of benzene rings is 1. The van der Waals surface area contributed by atoms with Crippen molar-refractivity contribution in [3.8, 4) is 0 Å². The quantitative estimate of drug-likeness (QED) is 0.818. The first kappa shape index (κ1) is 16.0. The van der Waals surface area contributed by atoms with Crippen LogP contribution in [0.25, 0.3) is 0 Å². The average Bonchev–Trinajstić information content (AvgIpc) is 2.40. The molecule has 112 valence electrons. The van der Waals surface area contributed by atoms with Gasteiger partial charge in [-0.1, -0.05) is 35.7 Å². The minimum atomic E-state index is -3.39. The third-order valence-corrected chi connectivity index (χ3v) is 7.03. The van der Waals surface area contributed by atoms with E-state index in [9.17, 15) is 8.42 Å². The van der Waals surface area contributed by atoms with E-state index in [1.807, 2.05) is 6.92 Å². The molecule has 2 unspecified atom stereocenters. The Hall–Kier alpha value is -0.390. The molecule has 0 aromatic heterocycles. The molecule has 1 fully saturated rings. The largest absolute Gasteiger partial charge is 0.243 e. The second-order valence-electron chi connectivity index (χ2n) is 5.86. The van der Waals surface area contributed by atoms with Gasteiger partial charge in [0.15, 0.2) is 0 Å². The Morgan fingerprint density at radius 3 is 2.60 bits per heavy atom. The zero-order valence-corrected chi connectivity index (χ0v) is 14.7. The van der Waals surface area contributed by atoms with Gasteiger partial charge in [0.05, 0.1) is 4.90 Å². The summed E-state index contributed by atoms with van der Waals surface area (Å²) in [6, 6.07) is 5.35. The first-order valence-electron chi connectivity index (χ1n) is 7.06. The van der Waals surface area contributed by atoms with Crippen LogP contribution < -0.4 is 0 Å². The van der Waals surface area contributed by atoms with Gasteiger partial charge in [-0.05, 0) is 49.4 Å². The number of sulfonamides is 1. The Kier molecular flexibility index (Phi) is 4.92. The fraction of sp³-hybridized carbons (Fsp3) is 0.600. The van der Waals surface area contributed by atoms with Gasteiger partial charge in [0, 0.05) is 17.6 Å². The number of rotatable bonds is 3. The highest BCUT2D eigenvalue weighted by atomic mass is 79.9. The van der Waals surface area contributed by atoms with Crippen LogP contribution in [0, 0.1) is 12.8 Å². The monoisotopic (exact) mass is 359 g/mol. The molecule has 0 N–H and O–H groups in total. The van der Waals surface area contributed by atoms with Crippen LogP contribution in [0.1, 0.15) is 38.2 Å². The van der Waals surface area contributed by atoms with Crippen molar-refractivity contribution in [2.75, 3.05) is 7.05 Å². The van der Waals surface area contributed by atoms with Gasteiger partial charge in [-0.2, -0.15) is 4.31 Å². The van der Waals surface area contributed by atoms with Crippen LogP contribution >= 0.6 is 15.9 Å². The molecule has 0 spiro atoms. The van der Waals surface area contributed by atoms with Crippen LogP contribution in [0.2, 0.25) is 0 Å². The van der Waals surface area contributed by atoms with Gasteiger partial charge >= 0.3 is 0 Å². The summed E-state index contributed by atoms with van der Waals surface area (Å²) in [5.41, 5.74) is 0.941. The highest BCUT2D eigenvalue weighted by molar-refractivity contribution is 9.10. The van der Waals surface area contributed by atoms with Crippen LogP contribution in [0.5, 0.6) is 0 Å². The molecule has 1 saturated carbocycles. The minimum Gasteiger partial charge on any atom is -0.207 e.